The molecule has 4 atom stereocenters. The minimum Gasteiger partial charge on any atom is -0.392 e. The minimum atomic E-state index is -0.739. The normalized spacial score (nSPS) is 34.0. The molecule has 2 amide bonds. The van der Waals surface area contributed by atoms with Gasteiger partial charge in [0.15, 0.2) is 0 Å². The Hall–Kier alpha value is -1.23. The van der Waals surface area contributed by atoms with Gasteiger partial charge in [-0.2, -0.15) is 0 Å². The van der Waals surface area contributed by atoms with Crippen LogP contribution in [-0.4, -0.2) is 28.8 Å². The Morgan fingerprint density at radius 3 is 2.35 bits per heavy atom. The molecule has 1 saturated carbocycles. The summed E-state index contributed by atoms with van der Waals surface area (Å²) in [6, 6.07) is 0. The second-order valence-electron chi connectivity index (χ2n) is 6.54. The van der Waals surface area contributed by atoms with Crippen molar-refractivity contribution in [2.75, 3.05) is 0 Å². The Bertz CT molecular complexity index is 404. The van der Waals surface area contributed by atoms with E-state index in [1.54, 1.807) is 0 Å². The number of Topliss-reactive ketones (excluding diaryl/α,β-unsaturated/α-hetero) is 1. The number of hydrogen-bond donors (Lipinski definition) is 2. The Morgan fingerprint density at radius 1 is 1.15 bits per heavy atom. The summed E-state index contributed by atoms with van der Waals surface area (Å²) in [5, 5.41) is 12.6. The first-order valence-electron chi connectivity index (χ1n) is 7.41. The molecule has 0 aromatic heterocycles. The molecule has 1 heterocycles. The minimum absolute atomic E-state index is 0.00492. The number of carbonyl (C=O) groups excluding carboxylic acids is 3. The number of imide groups is 1. The van der Waals surface area contributed by atoms with Crippen molar-refractivity contribution >= 4 is 17.6 Å². The van der Waals surface area contributed by atoms with Crippen LogP contribution < -0.4 is 5.32 Å². The summed E-state index contributed by atoms with van der Waals surface area (Å²) < 4.78 is 0. The smallest absolute Gasteiger partial charge is 0.226 e. The molecule has 0 aromatic carbocycles. The van der Waals surface area contributed by atoms with Gasteiger partial charge in [0.2, 0.25) is 11.8 Å². The van der Waals surface area contributed by atoms with E-state index in [9.17, 15) is 19.5 Å². The topological polar surface area (TPSA) is 83.5 Å². The summed E-state index contributed by atoms with van der Waals surface area (Å²) in [5.41, 5.74) is 0. The van der Waals surface area contributed by atoms with Gasteiger partial charge in [0.25, 0.3) is 0 Å². The van der Waals surface area contributed by atoms with E-state index >= 15 is 0 Å². The Labute approximate surface area is 119 Å². The number of carbonyl (C=O) groups is 3. The Kier molecular flexibility index (Phi) is 4.58. The third-order valence-corrected chi connectivity index (χ3v) is 4.53. The maximum absolute atomic E-state index is 12.2. The molecule has 5 nitrogen and oxygen atoms in total. The molecule has 1 aliphatic carbocycles. The lowest BCUT2D eigenvalue weighted by atomic mass is 9.71. The molecule has 1 aliphatic heterocycles. The second-order valence-corrected chi connectivity index (χ2v) is 6.54. The highest BCUT2D eigenvalue weighted by atomic mass is 16.3. The van der Waals surface area contributed by atoms with Crippen LogP contribution in [0.4, 0.5) is 0 Å². The van der Waals surface area contributed by atoms with Gasteiger partial charge in [-0.05, 0) is 31.1 Å². The first-order chi connectivity index (χ1) is 9.36. The molecule has 2 rings (SSSR count). The summed E-state index contributed by atoms with van der Waals surface area (Å²) in [5.74, 6) is -0.499. The van der Waals surface area contributed by atoms with Crippen LogP contribution in [0.25, 0.3) is 0 Å². The summed E-state index contributed by atoms with van der Waals surface area (Å²) >= 11 is 0. The van der Waals surface area contributed by atoms with Crippen molar-refractivity contribution in [2.24, 2.45) is 23.7 Å². The second kappa shape index (κ2) is 6.04. The van der Waals surface area contributed by atoms with E-state index < -0.39 is 6.10 Å². The van der Waals surface area contributed by atoms with Gasteiger partial charge >= 0.3 is 0 Å². The molecule has 2 N–H and O–H groups in total. The molecule has 0 bridgehead atoms. The monoisotopic (exact) mass is 281 g/mol. The number of nitrogens with one attached hydrogen (secondary N) is 1. The average molecular weight is 281 g/mol. The van der Waals surface area contributed by atoms with Gasteiger partial charge in [-0.25, -0.2) is 0 Å². The molecule has 2 fully saturated rings. The van der Waals surface area contributed by atoms with Crippen molar-refractivity contribution in [3.63, 3.8) is 0 Å². The standard InChI is InChI=1S/C15H23NO4/c1-8-3-9(2)15(20)11(4-8)12(17)5-10-6-13(18)16-14(19)7-10/h8-12,17H,3-7H2,1-2H3,(H,16,18,19)/t8?,9?,11?,12-/m1/s1. The molecule has 0 radical (unpaired) electrons. The fourth-order valence-corrected chi connectivity index (χ4v) is 3.60. The van der Waals surface area contributed by atoms with E-state index in [-0.39, 0.29) is 48.2 Å². The zero-order valence-electron chi connectivity index (χ0n) is 12.1. The van der Waals surface area contributed by atoms with Crippen molar-refractivity contribution in [3.8, 4) is 0 Å². The molecule has 112 valence electrons. The van der Waals surface area contributed by atoms with Crippen LogP contribution in [0.15, 0.2) is 0 Å². The highest BCUT2D eigenvalue weighted by Crippen LogP contribution is 2.34. The maximum atomic E-state index is 12.2. The predicted molar refractivity (Wildman–Crippen MR) is 72.6 cm³/mol. The van der Waals surface area contributed by atoms with Crippen molar-refractivity contribution in [3.05, 3.63) is 0 Å². The summed E-state index contributed by atoms with van der Waals surface area (Å²) in [6.07, 6.45) is 1.72. The molecule has 3 unspecified atom stereocenters. The Balaban J connectivity index is 1.96. The number of amides is 2. The van der Waals surface area contributed by atoms with Gasteiger partial charge in [-0.1, -0.05) is 13.8 Å². The van der Waals surface area contributed by atoms with Crippen LogP contribution in [-0.2, 0) is 14.4 Å². The number of rotatable bonds is 3. The summed E-state index contributed by atoms with van der Waals surface area (Å²) in [4.78, 5) is 34.8. The number of aliphatic hydroxyl groups excluding tert-OH is 1. The van der Waals surface area contributed by atoms with E-state index in [0.717, 1.165) is 6.42 Å². The van der Waals surface area contributed by atoms with Gasteiger partial charge in [0.05, 0.1) is 6.10 Å². The highest BCUT2D eigenvalue weighted by molar-refractivity contribution is 5.97. The lowest BCUT2D eigenvalue weighted by Crippen LogP contribution is -2.42. The zero-order valence-corrected chi connectivity index (χ0v) is 12.1. The lowest BCUT2D eigenvalue weighted by molar-refractivity contribution is -0.136. The van der Waals surface area contributed by atoms with E-state index in [1.165, 1.54) is 0 Å². The third kappa shape index (κ3) is 3.45. The third-order valence-electron chi connectivity index (χ3n) is 4.53. The number of hydrogen-bond acceptors (Lipinski definition) is 4. The van der Waals surface area contributed by atoms with E-state index in [0.29, 0.717) is 18.8 Å². The van der Waals surface area contributed by atoms with Crippen LogP contribution in [0.5, 0.6) is 0 Å². The number of aliphatic hydroxyl groups is 1. The van der Waals surface area contributed by atoms with Gasteiger partial charge in [-0.15, -0.1) is 0 Å². The van der Waals surface area contributed by atoms with Crippen molar-refractivity contribution in [2.45, 2.75) is 52.1 Å². The molecular formula is C15H23NO4. The van der Waals surface area contributed by atoms with Gasteiger partial charge < -0.3 is 5.11 Å². The van der Waals surface area contributed by atoms with Crippen LogP contribution >= 0.6 is 0 Å². The molecule has 0 spiro atoms. The van der Waals surface area contributed by atoms with Crippen molar-refractivity contribution in [1.82, 2.24) is 5.32 Å². The highest BCUT2D eigenvalue weighted by Gasteiger charge is 2.38. The molecule has 1 saturated heterocycles. The quantitative estimate of drug-likeness (QED) is 0.757. The van der Waals surface area contributed by atoms with Crippen LogP contribution in [0, 0.1) is 23.7 Å². The molecule has 20 heavy (non-hydrogen) atoms. The SMILES string of the molecule is CC1CC(C)C(=O)C([C@H](O)CC2CC(=O)NC(=O)C2)C1. The molecule has 5 heteroatoms. The van der Waals surface area contributed by atoms with Crippen LogP contribution in [0.3, 0.4) is 0 Å². The van der Waals surface area contributed by atoms with E-state index in [1.807, 2.05) is 6.92 Å². The fraction of sp³-hybridized carbons (Fsp3) is 0.800. The summed E-state index contributed by atoms with van der Waals surface area (Å²) in [6.45, 7) is 4.01. The largest absolute Gasteiger partial charge is 0.392 e. The molecule has 0 aromatic rings. The Morgan fingerprint density at radius 2 is 1.75 bits per heavy atom. The van der Waals surface area contributed by atoms with Crippen LogP contribution in [0.2, 0.25) is 0 Å². The summed E-state index contributed by atoms with van der Waals surface area (Å²) in [7, 11) is 0. The van der Waals surface area contributed by atoms with E-state index in [2.05, 4.69) is 12.2 Å². The fourth-order valence-electron chi connectivity index (χ4n) is 3.60. The predicted octanol–water partition coefficient (Wildman–Crippen LogP) is 1.04. The molecular weight excluding hydrogens is 258 g/mol. The lowest BCUT2D eigenvalue weighted by Gasteiger charge is -2.34. The average Bonchev–Trinajstić information content (AvgIpc) is 2.32. The van der Waals surface area contributed by atoms with Gasteiger partial charge in [0, 0.05) is 24.7 Å². The van der Waals surface area contributed by atoms with E-state index in [4.69, 9.17) is 0 Å². The van der Waals surface area contributed by atoms with Crippen molar-refractivity contribution < 1.29 is 19.5 Å². The van der Waals surface area contributed by atoms with Crippen molar-refractivity contribution in [1.29, 1.82) is 0 Å². The maximum Gasteiger partial charge on any atom is 0.226 e. The first-order valence-corrected chi connectivity index (χ1v) is 7.41. The van der Waals surface area contributed by atoms with Crippen LogP contribution in [0.1, 0.15) is 46.0 Å². The zero-order chi connectivity index (χ0) is 14.9. The van der Waals surface area contributed by atoms with Gasteiger partial charge in [0.1, 0.15) is 5.78 Å². The first kappa shape index (κ1) is 15.2. The number of piperidine rings is 1. The number of ketones is 1. The molecule has 2 aliphatic rings. The van der Waals surface area contributed by atoms with Gasteiger partial charge in [-0.3, -0.25) is 19.7 Å².